The second-order valence-electron chi connectivity index (χ2n) is 4.91. The van der Waals surface area contributed by atoms with Gasteiger partial charge in [0.15, 0.2) is 0 Å². The van der Waals surface area contributed by atoms with Crippen molar-refractivity contribution >= 4 is 7.48 Å². The first-order valence-corrected chi connectivity index (χ1v) is 6.19. The lowest BCUT2D eigenvalue weighted by Crippen LogP contribution is -2.20. The van der Waals surface area contributed by atoms with Crippen molar-refractivity contribution in [2.75, 3.05) is 6.61 Å². The van der Waals surface area contributed by atoms with Crippen LogP contribution < -0.4 is 4.74 Å². The predicted octanol–water partition coefficient (Wildman–Crippen LogP) is 1.49. The molecule has 1 aromatic rings. The van der Waals surface area contributed by atoms with Gasteiger partial charge in [-0.25, -0.2) is 0 Å². The third-order valence-corrected chi connectivity index (χ3v) is 3.31. The maximum atomic E-state index is 8.94. The first-order chi connectivity index (χ1) is 8.35. The van der Waals surface area contributed by atoms with E-state index in [0.29, 0.717) is 6.61 Å². The van der Waals surface area contributed by atoms with E-state index >= 15 is 0 Å². The van der Waals surface area contributed by atoms with E-state index in [2.05, 4.69) is 6.07 Å². The first-order valence-electron chi connectivity index (χ1n) is 6.19. The Labute approximate surface area is 102 Å². The molecule has 1 radical (unpaired) electrons. The van der Waals surface area contributed by atoms with Gasteiger partial charge in [-0.05, 0) is 42.0 Å². The molecular weight excluding hydrogens is 215 g/mol. The van der Waals surface area contributed by atoms with E-state index in [-0.39, 0.29) is 6.00 Å². The van der Waals surface area contributed by atoms with Gasteiger partial charge in [0.1, 0.15) is 11.8 Å². The molecule has 3 rings (SSSR count). The van der Waals surface area contributed by atoms with Gasteiger partial charge in [0, 0.05) is 13.0 Å². The fourth-order valence-electron chi connectivity index (χ4n) is 2.13. The molecule has 1 aromatic carbocycles. The van der Waals surface area contributed by atoms with Crippen molar-refractivity contribution in [3.63, 3.8) is 0 Å². The number of benzene rings is 1. The second kappa shape index (κ2) is 4.71. The van der Waals surface area contributed by atoms with Gasteiger partial charge in [-0.2, -0.15) is 0 Å². The van der Waals surface area contributed by atoms with E-state index in [1.807, 2.05) is 12.1 Å². The fourth-order valence-corrected chi connectivity index (χ4v) is 2.13. The first kappa shape index (κ1) is 11.1. The fraction of sp³-hybridized carbons (Fsp3) is 0.538. The Morgan fingerprint density at radius 2 is 2.29 bits per heavy atom. The number of ether oxygens (including phenoxy) is 2. The van der Waals surface area contributed by atoms with Crippen LogP contribution in [0.4, 0.5) is 0 Å². The van der Waals surface area contributed by atoms with Crippen molar-refractivity contribution < 1.29 is 14.5 Å². The van der Waals surface area contributed by atoms with Crippen LogP contribution in [0.25, 0.3) is 0 Å². The van der Waals surface area contributed by atoms with Gasteiger partial charge in [0.25, 0.3) is 0 Å². The van der Waals surface area contributed by atoms with Crippen molar-refractivity contribution in [3.05, 3.63) is 29.3 Å². The van der Waals surface area contributed by atoms with Crippen LogP contribution in [0.5, 0.6) is 5.75 Å². The molecule has 1 saturated carbocycles. The summed E-state index contributed by atoms with van der Waals surface area (Å²) in [5.41, 5.74) is 2.35. The standard InChI is InChI=1S/C13H16BO3/c15-14-13-6-11-5-10(3-4-12(11)17-13)8-16-7-9-1-2-9/h3-5,9,13,15H,1-2,6-8H2. The van der Waals surface area contributed by atoms with Gasteiger partial charge in [0.05, 0.1) is 6.61 Å². The maximum absolute atomic E-state index is 8.94. The van der Waals surface area contributed by atoms with Crippen LogP contribution in [0.1, 0.15) is 24.0 Å². The monoisotopic (exact) mass is 231 g/mol. The molecule has 17 heavy (non-hydrogen) atoms. The molecule has 0 spiro atoms. The molecule has 4 heteroatoms. The summed E-state index contributed by atoms with van der Waals surface area (Å²) in [5.74, 6) is 1.69. The molecule has 1 unspecified atom stereocenters. The Kier molecular flexibility index (Phi) is 3.08. The van der Waals surface area contributed by atoms with E-state index < -0.39 is 0 Å². The van der Waals surface area contributed by atoms with E-state index in [0.717, 1.165) is 37.7 Å². The summed E-state index contributed by atoms with van der Waals surface area (Å²) in [5, 5.41) is 8.94. The summed E-state index contributed by atoms with van der Waals surface area (Å²) in [4.78, 5) is 0. The van der Waals surface area contributed by atoms with Crippen LogP contribution in [0.2, 0.25) is 0 Å². The predicted molar refractivity (Wildman–Crippen MR) is 64.9 cm³/mol. The smallest absolute Gasteiger partial charge is 0.336 e. The van der Waals surface area contributed by atoms with E-state index in [1.165, 1.54) is 18.4 Å². The minimum atomic E-state index is -0.187. The Bertz CT molecular complexity index is 404. The van der Waals surface area contributed by atoms with Crippen LogP contribution in [0.15, 0.2) is 18.2 Å². The van der Waals surface area contributed by atoms with Crippen LogP contribution >= 0.6 is 0 Å². The SMILES string of the molecule is O[B]C1Cc2cc(COCC3CC3)ccc2O1. The van der Waals surface area contributed by atoms with Gasteiger partial charge in [-0.3, -0.25) is 0 Å². The molecule has 0 bridgehead atoms. The largest absolute Gasteiger partial charge is 0.496 e. The normalized spacial score (nSPS) is 22.1. The minimum Gasteiger partial charge on any atom is -0.496 e. The lowest BCUT2D eigenvalue weighted by atomic mass is 9.88. The van der Waals surface area contributed by atoms with Gasteiger partial charge in [-0.1, -0.05) is 6.07 Å². The number of fused-ring (bicyclic) bond motifs is 1. The molecule has 3 nitrogen and oxygen atoms in total. The van der Waals surface area contributed by atoms with Crippen molar-refractivity contribution in [2.45, 2.75) is 31.9 Å². The molecule has 89 valence electrons. The zero-order valence-electron chi connectivity index (χ0n) is 9.76. The molecule has 1 aliphatic heterocycles. The molecular formula is C13H16BO3. The summed E-state index contributed by atoms with van der Waals surface area (Å²) >= 11 is 0. The summed E-state index contributed by atoms with van der Waals surface area (Å²) in [6, 6.07) is 5.93. The zero-order valence-corrected chi connectivity index (χ0v) is 9.76. The molecule has 0 aromatic heterocycles. The summed E-state index contributed by atoms with van der Waals surface area (Å²) in [7, 11) is 1.11. The molecule has 1 fully saturated rings. The Hall–Kier alpha value is -0.995. The number of hydrogen-bond acceptors (Lipinski definition) is 3. The van der Waals surface area contributed by atoms with Crippen LogP contribution in [-0.4, -0.2) is 25.1 Å². The zero-order chi connectivity index (χ0) is 11.7. The van der Waals surface area contributed by atoms with Crippen molar-refractivity contribution in [2.24, 2.45) is 5.92 Å². The number of rotatable bonds is 5. The molecule has 1 atom stereocenters. The Morgan fingerprint density at radius 1 is 1.41 bits per heavy atom. The molecule has 2 aliphatic rings. The van der Waals surface area contributed by atoms with Crippen molar-refractivity contribution in [1.29, 1.82) is 0 Å². The van der Waals surface area contributed by atoms with Crippen LogP contribution in [0.3, 0.4) is 0 Å². The average molecular weight is 231 g/mol. The van der Waals surface area contributed by atoms with E-state index in [1.54, 1.807) is 0 Å². The highest BCUT2D eigenvalue weighted by Gasteiger charge is 2.24. The summed E-state index contributed by atoms with van der Waals surface area (Å²) in [6.45, 7) is 1.57. The molecule has 0 saturated heterocycles. The molecule has 1 heterocycles. The second-order valence-corrected chi connectivity index (χ2v) is 4.91. The van der Waals surface area contributed by atoms with Crippen molar-refractivity contribution in [3.8, 4) is 5.75 Å². The highest BCUT2D eigenvalue weighted by molar-refractivity contribution is 6.27. The minimum absolute atomic E-state index is 0.187. The summed E-state index contributed by atoms with van der Waals surface area (Å²) < 4.78 is 11.2. The van der Waals surface area contributed by atoms with Crippen LogP contribution in [-0.2, 0) is 17.8 Å². The molecule has 0 amide bonds. The average Bonchev–Trinajstić information content (AvgIpc) is 3.07. The quantitative estimate of drug-likeness (QED) is 0.780. The third-order valence-electron chi connectivity index (χ3n) is 3.31. The molecule has 1 N–H and O–H groups in total. The summed E-state index contributed by atoms with van der Waals surface area (Å²) in [6.07, 6.45) is 3.40. The topological polar surface area (TPSA) is 38.7 Å². The van der Waals surface area contributed by atoms with Crippen LogP contribution in [0, 0.1) is 5.92 Å². The van der Waals surface area contributed by atoms with Gasteiger partial charge >= 0.3 is 7.48 Å². The highest BCUT2D eigenvalue weighted by Crippen LogP contribution is 2.31. The van der Waals surface area contributed by atoms with Gasteiger partial charge < -0.3 is 14.5 Å². The number of hydrogen-bond donors (Lipinski definition) is 1. The van der Waals surface area contributed by atoms with Crippen molar-refractivity contribution in [1.82, 2.24) is 0 Å². The van der Waals surface area contributed by atoms with E-state index in [4.69, 9.17) is 14.5 Å². The lowest BCUT2D eigenvalue weighted by molar-refractivity contribution is 0.111. The Morgan fingerprint density at radius 3 is 3.06 bits per heavy atom. The maximum Gasteiger partial charge on any atom is 0.336 e. The highest BCUT2D eigenvalue weighted by atomic mass is 16.5. The van der Waals surface area contributed by atoms with Gasteiger partial charge in [0.2, 0.25) is 0 Å². The molecule has 1 aliphatic carbocycles. The Balaban J connectivity index is 1.59. The lowest BCUT2D eigenvalue weighted by Gasteiger charge is -2.05. The van der Waals surface area contributed by atoms with E-state index in [9.17, 15) is 0 Å². The van der Waals surface area contributed by atoms with Gasteiger partial charge in [-0.15, -0.1) is 0 Å². The third kappa shape index (κ3) is 2.64.